The Bertz CT molecular complexity index is 166. The van der Waals surface area contributed by atoms with Crippen LogP contribution >= 0.6 is 0 Å². The van der Waals surface area contributed by atoms with E-state index in [2.05, 4.69) is 22.0 Å². The average Bonchev–Trinajstić information content (AvgIpc) is 2.44. The maximum absolute atomic E-state index is 2.59. The Morgan fingerprint density at radius 3 is 2.00 bits per heavy atom. The molecule has 0 amide bonds. The van der Waals surface area contributed by atoms with Gasteiger partial charge < -0.3 is 4.90 Å². The third-order valence-electron chi connectivity index (χ3n) is 3.43. The lowest BCUT2D eigenvalue weighted by Gasteiger charge is -2.36. The molecule has 2 heterocycles. The van der Waals surface area contributed by atoms with Gasteiger partial charge in [-0.15, -0.1) is 0 Å². The molecule has 0 saturated carbocycles. The zero-order chi connectivity index (χ0) is 9.80. The van der Waals surface area contributed by atoms with Gasteiger partial charge in [0.05, 0.1) is 0 Å². The molecule has 0 bridgehead atoms. The predicted molar refractivity (Wildman–Crippen MR) is 59.1 cm³/mol. The van der Waals surface area contributed by atoms with Crippen LogP contribution in [0.2, 0.25) is 0 Å². The molecule has 2 saturated heterocycles. The smallest absolute Gasteiger partial charge is 0.0261 e. The first-order chi connectivity index (χ1) is 6.86. The number of rotatable bonds is 1. The van der Waals surface area contributed by atoms with Crippen LogP contribution in [0, 0.1) is 0 Å². The number of nitrogens with zero attached hydrogens (tertiary/aromatic N) is 3. The molecular formula is C11H23N3. The van der Waals surface area contributed by atoms with E-state index in [1.54, 1.807) is 0 Å². The number of likely N-dealkylation sites (N-methyl/N-ethyl adjacent to an activating group) is 1. The molecule has 0 aromatic carbocycles. The Labute approximate surface area is 87.6 Å². The van der Waals surface area contributed by atoms with Crippen molar-refractivity contribution in [2.24, 2.45) is 0 Å². The van der Waals surface area contributed by atoms with Gasteiger partial charge in [-0.25, -0.2) is 10.0 Å². The molecule has 2 fully saturated rings. The largest absolute Gasteiger partial charge is 0.305 e. The zero-order valence-electron chi connectivity index (χ0n) is 9.41. The van der Waals surface area contributed by atoms with Crippen molar-refractivity contribution < 1.29 is 0 Å². The van der Waals surface area contributed by atoms with E-state index in [0.717, 1.165) is 0 Å². The molecule has 0 aliphatic carbocycles. The SMILES string of the molecule is CN1CCCN(N2CCCCC2)CC1. The highest BCUT2D eigenvalue weighted by Crippen LogP contribution is 2.13. The molecule has 2 rings (SSSR count). The number of hydrazine groups is 1. The Balaban J connectivity index is 1.83. The fraction of sp³-hybridized carbons (Fsp3) is 1.00. The van der Waals surface area contributed by atoms with E-state index in [4.69, 9.17) is 0 Å². The Morgan fingerprint density at radius 2 is 1.21 bits per heavy atom. The highest BCUT2D eigenvalue weighted by molar-refractivity contribution is 4.69. The first kappa shape index (κ1) is 10.4. The molecule has 2 aliphatic rings. The fourth-order valence-corrected chi connectivity index (χ4v) is 2.48. The summed E-state index contributed by atoms with van der Waals surface area (Å²) in [5.74, 6) is 0. The highest BCUT2D eigenvalue weighted by Gasteiger charge is 2.19. The quantitative estimate of drug-likeness (QED) is 0.621. The summed E-state index contributed by atoms with van der Waals surface area (Å²) in [6, 6.07) is 0. The van der Waals surface area contributed by atoms with Crippen LogP contribution in [0.5, 0.6) is 0 Å². The van der Waals surface area contributed by atoms with Crippen LogP contribution in [-0.4, -0.2) is 61.2 Å². The maximum Gasteiger partial charge on any atom is 0.0261 e. The van der Waals surface area contributed by atoms with Gasteiger partial charge in [-0.1, -0.05) is 6.42 Å². The van der Waals surface area contributed by atoms with Gasteiger partial charge in [0.2, 0.25) is 0 Å². The van der Waals surface area contributed by atoms with Crippen LogP contribution < -0.4 is 0 Å². The van der Waals surface area contributed by atoms with Gasteiger partial charge in [-0.2, -0.15) is 0 Å². The highest BCUT2D eigenvalue weighted by atomic mass is 15.6. The van der Waals surface area contributed by atoms with Crippen molar-refractivity contribution in [2.75, 3.05) is 46.3 Å². The fourth-order valence-electron chi connectivity index (χ4n) is 2.48. The van der Waals surface area contributed by atoms with Crippen molar-refractivity contribution >= 4 is 0 Å². The molecule has 3 heteroatoms. The summed E-state index contributed by atoms with van der Waals surface area (Å²) in [5, 5.41) is 5.17. The van der Waals surface area contributed by atoms with Crippen LogP contribution in [0.1, 0.15) is 25.7 Å². The Morgan fingerprint density at radius 1 is 0.571 bits per heavy atom. The van der Waals surface area contributed by atoms with Gasteiger partial charge in [0.15, 0.2) is 0 Å². The van der Waals surface area contributed by atoms with Crippen molar-refractivity contribution in [1.29, 1.82) is 0 Å². The third kappa shape index (κ3) is 2.69. The van der Waals surface area contributed by atoms with Crippen LogP contribution in [0.4, 0.5) is 0 Å². The lowest BCUT2D eigenvalue weighted by molar-refractivity contribution is -0.0354. The maximum atomic E-state index is 2.59. The number of hydrogen-bond acceptors (Lipinski definition) is 3. The van der Waals surface area contributed by atoms with Gasteiger partial charge >= 0.3 is 0 Å². The average molecular weight is 197 g/mol. The van der Waals surface area contributed by atoms with Gasteiger partial charge in [-0.3, -0.25) is 0 Å². The van der Waals surface area contributed by atoms with E-state index in [9.17, 15) is 0 Å². The van der Waals surface area contributed by atoms with Crippen molar-refractivity contribution in [2.45, 2.75) is 25.7 Å². The summed E-state index contributed by atoms with van der Waals surface area (Å²) in [6.45, 7) is 7.59. The minimum absolute atomic E-state index is 1.23. The number of hydrogen-bond donors (Lipinski definition) is 0. The molecular weight excluding hydrogens is 174 g/mol. The minimum atomic E-state index is 1.23. The summed E-state index contributed by atoms with van der Waals surface area (Å²) in [5.41, 5.74) is 0. The first-order valence-electron chi connectivity index (χ1n) is 6.04. The second kappa shape index (κ2) is 5.10. The molecule has 82 valence electrons. The van der Waals surface area contributed by atoms with Gasteiger partial charge in [0.25, 0.3) is 0 Å². The molecule has 0 atom stereocenters. The second-order valence-electron chi connectivity index (χ2n) is 4.62. The molecule has 14 heavy (non-hydrogen) atoms. The van der Waals surface area contributed by atoms with Crippen LogP contribution in [0.3, 0.4) is 0 Å². The van der Waals surface area contributed by atoms with E-state index < -0.39 is 0 Å². The topological polar surface area (TPSA) is 9.72 Å². The van der Waals surface area contributed by atoms with Gasteiger partial charge in [-0.05, 0) is 32.9 Å². The predicted octanol–water partition coefficient (Wildman–Crippen LogP) is 1.02. The molecule has 0 aromatic heterocycles. The third-order valence-corrected chi connectivity index (χ3v) is 3.43. The van der Waals surface area contributed by atoms with E-state index in [-0.39, 0.29) is 0 Å². The monoisotopic (exact) mass is 197 g/mol. The summed E-state index contributed by atoms with van der Waals surface area (Å²) in [7, 11) is 2.24. The van der Waals surface area contributed by atoms with Crippen molar-refractivity contribution in [1.82, 2.24) is 14.9 Å². The molecule has 2 aliphatic heterocycles. The van der Waals surface area contributed by atoms with Gasteiger partial charge in [0, 0.05) is 32.7 Å². The first-order valence-corrected chi connectivity index (χ1v) is 6.04. The van der Waals surface area contributed by atoms with Crippen LogP contribution in [-0.2, 0) is 0 Å². The second-order valence-corrected chi connectivity index (χ2v) is 4.62. The zero-order valence-corrected chi connectivity index (χ0v) is 9.41. The lowest BCUT2D eigenvalue weighted by atomic mass is 10.2. The number of piperidine rings is 1. The molecule has 0 N–H and O–H groups in total. The molecule has 0 spiro atoms. The minimum Gasteiger partial charge on any atom is -0.305 e. The van der Waals surface area contributed by atoms with Crippen LogP contribution in [0.25, 0.3) is 0 Å². The van der Waals surface area contributed by atoms with E-state index in [0.29, 0.717) is 0 Å². The Hall–Kier alpha value is -0.120. The van der Waals surface area contributed by atoms with Crippen molar-refractivity contribution in [3.63, 3.8) is 0 Å². The lowest BCUT2D eigenvalue weighted by Crippen LogP contribution is -2.46. The van der Waals surface area contributed by atoms with Gasteiger partial charge in [0.1, 0.15) is 0 Å². The Kier molecular flexibility index (Phi) is 3.79. The molecule has 0 unspecified atom stereocenters. The molecule has 3 nitrogen and oxygen atoms in total. The standard InChI is InChI=1S/C11H23N3/c1-12-6-5-9-14(11-10-12)13-7-3-2-4-8-13/h2-11H2,1H3. The van der Waals surface area contributed by atoms with Crippen LogP contribution in [0.15, 0.2) is 0 Å². The summed E-state index contributed by atoms with van der Waals surface area (Å²) >= 11 is 0. The molecule has 0 aromatic rings. The van der Waals surface area contributed by atoms with E-state index >= 15 is 0 Å². The van der Waals surface area contributed by atoms with E-state index in [1.165, 1.54) is 65.0 Å². The van der Waals surface area contributed by atoms with Crippen molar-refractivity contribution in [3.8, 4) is 0 Å². The summed E-state index contributed by atoms with van der Waals surface area (Å²) in [6.07, 6.45) is 5.55. The molecule has 0 radical (unpaired) electrons. The summed E-state index contributed by atoms with van der Waals surface area (Å²) in [4.78, 5) is 2.45. The summed E-state index contributed by atoms with van der Waals surface area (Å²) < 4.78 is 0. The normalized spacial score (nSPS) is 28.9. The van der Waals surface area contributed by atoms with E-state index in [1.807, 2.05) is 0 Å². The van der Waals surface area contributed by atoms with Crippen molar-refractivity contribution in [3.05, 3.63) is 0 Å².